The summed E-state index contributed by atoms with van der Waals surface area (Å²) in [4.78, 5) is 14.4. The number of hydrogen-bond acceptors (Lipinski definition) is 2. The van der Waals surface area contributed by atoms with Crippen molar-refractivity contribution < 1.29 is 9.53 Å². The molecular weight excluding hydrogens is 274 g/mol. The summed E-state index contributed by atoms with van der Waals surface area (Å²) in [6, 6.07) is 16.2. The summed E-state index contributed by atoms with van der Waals surface area (Å²) in [6.45, 7) is 4.17. The van der Waals surface area contributed by atoms with Crippen LogP contribution in [0.2, 0.25) is 0 Å². The molecule has 3 rings (SSSR count). The molecule has 0 radical (unpaired) electrons. The highest BCUT2D eigenvalue weighted by Gasteiger charge is 2.16. The Kier molecular flexibility index (Phi) is 4.42. The van der Waals surface area contributed by atoms with Crippen LogP contribution in [-0.4, -0.2) is 24.0 Å². The van der Waals surface area contributed by atoms with E-state index in [9.17, 15) is 4.79 Å². The summed E-state index contributed by atoms with van der Waals surface area (Å²) in [7, 11) is 0. The van der Waals surface area contributed by atoms with Crippen LogP contribution in [0.4, 0.5) is 0 Å². The maximum Gasteiger partial charge on any atom is 0.227 e. The van der Waals surface area contributed by atoms with Crippen LogP contribution in [0.5, 0.6) is 5.75 Å². The van der Waals surface area contributed by atoms with Gasteiger partial charge in [0, 0.05) is 19.5 Å². The highest BCUT2D eigenvalue weighted by atomic mass is 16.5. The van der Waals surface area contributed by atoms with E-state index >= 15 is 0 Å². The molecule has 0 aliphatic carbocycles. The van der Waals surface area contributed by atoms with E-state index in [4.69, 9.17) is 4.74 Å². The molecule has 0 saturated heterocycles. The average Bonchev–Trinajstić information content (AvgIpc) is 3.01. The summed E-state index contributed by atoms with van der Waals surface area (Å²) in [5.74, 6) is 1.14. The molecule has 1 amide bonds. The third-order valence-corrected chi connectivity index (χ3v) is 4.06. The lowest BCUT2D eigenvalue weighted by molar-refractivity contribution is -0.130. The summed E-state index contributed by atoms with van der Waals surface area (Å²) in [6.07, 6.45) is 1.40. The molecule has 2 aromatic rings. The lowest BCUT2D eigenvalue weighted by atomic mass is 10.1. The van der Waals surface area contributed by atoms with Crippen molar-refractivity contribution >= 4 is 5.91 Å². The Morgan fingerprint density at radius 2 is 1.95 bits per heavy atom. The molecule has 0 N–H and O–H groups in total. The molecule has 1 heterocycles. The Balaban J connectivity index is 1.67. The molecule has 1 aliphatic rings. The van der Waals surface area contributed by atoms with Gasteiger partial charge in [-0.2, -0.15) is 0 Å². The normalized spacial score (nSPS) is 12.6. The molecule has 1 aliphatic heterocycles. The molecule has 0 bridgehead atoms. The van der Waals surface area contributed by atoms with E-state index in [0.717, 1.165) is 30.9 Å². The van der Waals surface area contributed by atoms with E-state index in [0.29, 0.717) is 13.0 Å². The van der Waals surface area contributed by atoms with Gasteiger partial charge in [-0.1, -0.05) is 42.5 Å². The number of carbonyl (C=O) groups is 1. The zero-order chi connectivity index (χ0) is 15.4. The van der Waals surface area contributed by atoms with Crippen molar-refractivity contribution in [3.8, 4) is 5.75 Å². The minimum absolute atomic E-state index is 0.171. The van der Waals surface area contributed by atoms with Crippen LogP contribution in [0, 0.1) is 0 Å². The fourth-order valence-electron chi connectivity index (χ4n) is 2.82. The van der Waals surface area contributed by atoms with E-state index < -0.39 is 0 Å². The Labute approximate surface area is 131 Å². The van der Waals surface area contributed by atoms with E-state index in [1.165, 1.54) is 11.1 Å². The predicted molar refractivity (Wildman–Crippen MR) is 86.9 cm³/mol. The summed E-state index contributed by atoms with van der Waals surface area (Å²) < 4.78 is 5.51. The Morgan fingerprint density at radius 3 is 2.73 bits per heavy atom. The van der Waals surface area contributed by atoms with Gasteiger partial charge in [-0.15, -0.1) is 0 Å². The van der Waals surface area contributed by atoms with Crippen LogP contribution in [-0.2, 0) is 24.2 Å². The van der Waals surface area contributed by atoms with Gasteiger partial charge in [0.25, 0.3) is 0 Å². The minimum Gasteiger partial charge on any atom is -0.493 e. The molecule has 2 aromatic carbocycles. The molecule has 22 heavy (non-hydrogen) atoms. The quantitative estimate of drug-likeness (QED) is 0.847. The number of benzene rings is 2. The second kappa shape index (κ2) is 6.65. The van der Waals surface area contributed by atoms with E-state index in [1.54, 1.807) is 0 Å². The number of carbonyl (C=O) groups excluding carboxylic acids is 1. The number of rotatable bonds is 5. The lowest BCUT2D eigenvalue weighted by Gasteiger charge is -2.21. The summed E-state index contributed by atoms with van der Waals surface area (Å²) >= 11 is 0. The second-order valence-electron chi connectivity index (χ2n) is 5.61. The topological polar surface area (TPSA) is 29.5 Å². The molecule has 0 fully saturated rings. The standard InChI is InChI=1S/C19H21NO2/c1-2-20(14-15-6-4-3-5-7-15)19(21)13-16-8-9-18-17(12-16)10-11-22-18/h3-9,12H,2,10-11,13-14H2,1H3. The van der Waals surface area contributed by atoms with E-state index in [1.807, 2.05) is 42.2 Å². The van der Waals surface area contributed by atoms with Crippen LogP contribution in [0.3, 0.4) is 0 Å². The zero-order valence-electron chi connectivity index (χ0n) is 12.9. The summed E-state index contributed by atoms with van der Waals surface area (Å²) in [5.41, 5.74) is 3.46. The molecule has 0 saturated carbocycles. The van der Waals surface area contributed by atoms with Gasteiger partial charge in [0.15, 0.2) is 0 Å². The molecule has 0 spiro atoms. The fourth-order valence-corrected chi connectivity index (χ4v) is 2.82. The van der Waals surface area contributed by atoms with Crippen molar-refractivity contribution in [1.29, 1.82) is 0 Å². The van der Waals surface area contributed by atoms with Gasteiger partial charge in [-0.25, -0.2) is 0 Å². The third-order valence-electron chi connectivity index (χ3n) is 4.06. The third kappa shape index (κ3) is 3.30. The smallest absolute Gasteiger partial charge is 0.227 e. The maximum atomic E-state index is 12.5. The van der Waals surface area contributed by atoms with Gasteiger partial charge >= 0.3 is 0 Å². The van der Waals surface area contributed by atoms with Crippen LogP contribution in [0.25, 0.3) is 0 Å². The van der Waals surface area contributed by atoms with Gasteiger partial charge in [0.05, 0.1) is 13.0 Å². The molecular formula is C19H21NO2. The van der Waals surface area contributed by atoms with Gasteiger partial charge in [0.2, 0.25) is 5.91 Å². The maximum absolute atomic E-state index is 12.5. The Morgan fingerprint density at radius 1 is 1.14 bits per heavy atom. The average molecular weight is 295 g/mol. The zero-order valence-corrected chi connectivity index (χ0v) is 12.9. The minimum atomic E-state index is 0.171. The number of hydrogen-bond donors (Lipinski definition) is 0. The number of amides is 1. The van der Waals surface area contributed by atoms with Crippen LogP contribution in [0.1, 0.15) is 23.6 Å². The van der Waals surface area contributed by atoms with Gasteiger partial charge in [0.1, 0.15) is 5.75 Å². The van der Waals surface area contributed by atoms with Crippen LogP contribution >= 0.6 is 0 Å². The first kappa shape index (κ1) is 14.6. The number of nitrogens with zero attached hydrogens (tertiary/aromatic N) is 1. The van der Waals surface area contributed by atoms with Gasteiger partial charge < -0.3 is 9.64 Å². The highest BCUT2D eigenvalue weighted by Crippen LogP contribution is 2.26. The largest absolute Gasteiger partial charge is 0.493 e. The van der Waals surface area contributed by atoms with Crippen molar-refractivity contribution in [3.05, 3.63) is 65.2 Å². The number of ether oxygens (including phenoxy) is 1. The highest BCUT2D eigenvalue weighted by molar-refractivity contribution is 5.79. The first-order chi connectivity index (χ1) is 10.8. The molecule has 114 valence electrons. The van der Waals surface area contributed by atoms with Gasteiger partial charge in [-0.3, -0.25) is 4.79 Å². The molecule has 0 aromatic heterocycles. The SMILES string of the molecule is CCN(Cc1ccccc1)C(=O)Cc1ccc2c(c1)CCO2. The number of likely N-dealkylation sites (N-methyl/N-ethyl adjacent to an activating group) is 1. The Bertz CT molecular complexity index is 652. The van der Waals surface area contributed by atoms with Crippen molar-refractivity contribution in [2.45, 2.75) is 26.3 Å². The predicted octanol–water partition coefficient (Wildman–Crippen LogP) is 3.21. The second-order valence-corrected chi connectivity index (χ2v) is 5.61. The van der Waals surface area contributed by atoms with Crippen molar-refractivity contribution in [2.24, 2.45) is 0 Å². The first-order valence-corrected chi connectivity index (χ1v) is 7.82. The van der Waals surface area contributed by atoms with Crippen molar-refractivity contribution in [1.82, 2.24) is 4.90 Å². The van der Waals surface area contributed by atoms with Crippen molar-refractivity contribution in [2.75, 3.05) is 13.2 Å². The summed E-state index contributed by atoms with van der Waals surface area (Å²) in [5, 5.41) is 0. The van der Waals surface area contributed by atoms with Crippen LogP contribution < -0.4 is 4.74 Å². The molecule has 0 atom stereocenters. The Hall–Kier alpha value is -2.29. The fraction of sp³-hybridized carbons (Fsp3) is 0.316. The molecule has 0 unspecified atom stereocenters. The lowest BCUT2D eigenvalue weighted by Crippen LogP contribution is -2.31. The monoisotopic (exact) mass is 295 g/mol. The van der Waals surface area contributed by atoms with Crippen molar-refractivity contribution in [3.63, 3.8) is 0 Å². The van der Waals surface area contributed by atoms with E-state index in [-0.39, 0.29) is 5.91 Å². The number of fused-ring (bicyclic) bond motifs is 1. The van der Waals surface area contributed by atoms with Gasteiger partial charge in [-0.05, 0) is 29.7 Å². The van der Waals surface area contributed by atoms with Crippen LogP contribution in [0.15, 0.2) is 48.5 Å². The molecule has 3 heteroatoms. The first-order valence-electron chi connectivity index (χ1n) is 7.82. The van der Waals surface area contributed by atoms with E-state index in [2.05, 4.69) is 18.2 Å². The molecule has 3 nitrogen and oxygen atoms in total.